The van der Waals surface area contributed by atoms with E-state index in [0.29, 0.717) is 12.5 Å². The number of benzene rings is 1. The van der Waals surface area contributed by atoms with Crippen molar-refractivity contribution in [2.75, 3.05) is 6.61 Å². The number of rotatable bonds is 7. The van der Waals surface area contributed by atoms with Crippen LogP contribution in [-0.2, 0) is 0 Å². The van der Waals surface area contributed by atoms with Crippen LogP contribution < -0.4 is 4.74 Å². The fourth-order valence-electron chi connectivity index (χ4n) is 2.38. The number of hydrogen-bond donors (Lipinski definition) is 0. The SMILES string of the molecule is CCCC(CCC)c1cc(C#N)ccc1OCC. The van der Waals surface area contributed by atoms with E-state index in [1.54, 1.807) is 0 Å². The highest BCUT2D eigenvalue weighted by Crippen LogP contribution is 2.34. The first-order valence-electron chi connectivity index (χ1n) is 6.93. The van der Waals surface area contributed by atoms with Crippen molar-refractivity contribution in [1.29, 1.82) is 5.26 Å². The zero-order valence-electron chi connectivity index (χ0n) is 11.7. The molecule has 0 saturated carbocycles. The van der Waals surface area contributed by atoms with Crippen LogP contribution in [0.4, 0.5) is 0 Å². The first kappa shape index (κ1) is 14.6. The molecule has 0 fully saturated rings. The number of nitriles is 1. The normalized spacial score (nSPS) is 10.4. The van der Waals surface area contributed by atoms with Crippen LogP contribution in [-0.4, -0.2) is 6.61 Å². The smallest absolute Gasteiger partial charge is 0.122 e. The lowest BCUT2D eigenvalue weighted by Gasteiger charge is -2.19. The molecule has 0 aliphatic rings. The minimum atomic E-state index is 0.509. The van der Waals surface area contributed by atoms with Gasteiger partial charge in [0, 0.05) is 0 Å². The molecule has 0 amide bonds. The van der Waals surface area contributed by atoms with E-state index in [0.717, 1.165) is 37.0 Å². The van der Waals surface area contributed by atoms with E-state index < -0.39 is 0 Å². The summed E-state index contributed by atoms with van der Waals surface area (Å²) in [4.78, 5) is 0. The predicted octanol–water partition coefficient (Wildman–Crippen LogP) is 4.64. The van der Waals surface area contributed by atoms with Gasteiger partial charge in [-0.2, -0.15) is 5.26 Å². The molecule has 0 aliphatic heterocycles. The third kappa shape index (κ3) is 3.77. The van der Waals surface area contributed by atoms with E-state index in [1.165, 1.54) is 5.56 Å². The predicted molar refractivity (Wildman–Crippen MR) is 74.9 cm³/mol. The minimum Gasteiger partial charge on any atom is -0.494 e. The van der Waals surface area contributed by atoms with E-state index in [4.69, 9.17) is 10.00 Å². The highest BCUT2D eigenvalue weighted by Gasteiger charge is 2.15. The molecule has 0 aliphatic carbocycles. The van der Waals surface area contributed by atoms with Crippen LogP contribution in [0.2, 0.25) is 0 Å². The van der Waals surface area contributed by atoms with Crippen molar-refractivity contribution in [2.45, 2.75) is 52.4 Å². The fraction of sp³-hybridized carbons (Fsp3) is 0.562. The Labute approximate surface area is 111 Å². The first-order valence-corrected chi connectivity index (χ1v) is 6.93. The third-order valence-electron chi connectivity index (χ3n) is 3.15. The molecule has 1 rings (SSSR count). The Morgan fingerprint density at radius 2 is 1.83 bits per heavy atom. The second kappa shape index (κ2) is 7.76. The van der Waals surface area contributed by atoms with Gasteiger partial charge in [0.2, 0.25) is 0 Å². The molecule has 1 aromatic rings. The van der Waals surface area contributed by atoms with E-state index in [-0.39, 0.29) is 0 Å². The molecule has 2 heteroatoms. The number of nitrogens with zero attached hydrogens (tertiary/aromatic N) is 1. The Bertz CT molecular complexity index is 400. The molecule has 0 saturated heterocycles. The Hall–Kier alpha value is -1.49. The van der Waals surface area contributed by atoms with Crippen LogP contribution in [0.3, 0.4) is 0 Å². The summed E-state index contributed by atoms with van der Waals surface area (Å²) in [6, 6.07) is 8.00. The van der Waals surface area contributed by atoms with Gasteiger partial charge in [0.25, 0.3) is 0 Å². The second-order valence-corrected chi connectivity index (χ2v) is 4.57. The van der Waals surface area contributed by atoms with Gasteiger partial charge < -0.3 is 4.74 Å². The van der Waals surface area contributed by atoms with Crippen molar-refractivity contribution < 1.29 is 4.74 Å². The summed E-state index contributed by atoms with van der Waals surface area (Å²) in [6.45, 7) is 7.08. The van der Waals surface area contributed by atoms with Gasteiger partial charge in [-0.1, -0.05) is 26.7 Å². The molecular formula is C16H23NO. The lowest BCUT2D eigenvalue weighted by molar-refractivity contribution is 0.332. The van der Waals surface area contributed by atoms with Crippen LogP contribution in [0.15, 0.2) is 18.2 Å². The lowest BCUT2D eigenvalue weighted by Crippen LogP contribution is -2.04. The maximum absolute atomic E-state index is 9.03. The summed E-state index contributed by atoms with van der Waals surface area (Å²) in [5, 5.41) is 9.03. The Kier molecular flexibility index (Phi) is 6.28. The Morgan fingerprint density at radius 3 is 2.33 bits per heavy atom. The molecule has 18 heavy (non-hydrogen) atoms. The molecule has 0 spiro atoms. The van der Waals surface area contributed by atoms with Gasteiger partial charge in [0.15, 0.2) is 0 Å². The maximum Gasteiger partial charge on any atom is 0.122 e. The Morgan fingerprint density at radius 1 is 1.17 bits per heavy atom. The lowest BCUT2D eigenvalue weighted by atomic mass is 9.89. The second-order valence-electron chi connectivity index (χ2n) is 4.57. The minimum absolute atomic E-state index is 0.509. The summed E-state index contributed by atoms with van der Waals surface area (Å²) in [5.41, 5.74) is 1.94. The first-order chi connectivity index (χ1) is 8.76. The van der Waals surface area contributed by atoms with Gasteiger partial charge >= 0.3 is 0 Å². The molecule has 0 bridgehead atoms. The summed E-state index contributed by atoms with van der Waals surface area (Å²) in [7, 11) is 0. The highest BCUT2D eigenvalue weighted by molar-refractivity contribution is 5.44. The van der Waals surface area contributed by atoms with Gasteiger partial charge in [-0.3, -0.25) is 0 Å². The summed E-state index contributed by atoms with van der Waals surface area (Å²) in [5.74, 6) is 1.46. The monoisotopic (exact) mass is 245 g/mol. The van der Waals surface area contributed by atoms with Crippen LogP contribution in [0.1, 0.15) is 63.5 Å². The van der Waals surface area contributed by atoms with Crippen LogP contribution in [0.5, 0.6) is 5.75 Å². The molecule has 0 N–H and O–H groups in total. The molecule has 2 nitrogen and oxygen atoms in total. The Balaban J connectivity index is 3.10. The average Bonchev–Trinajstić information content (AvgIpc) is 2.39. The van der Waals surface area contributed by atoms with E-state index >= 15 is 0 Å². The summed E-state index contributed by atoms with van der Waals surface area (Å²) < 4.78 is 5.70. The van der Waals surface area contributed by atoms with E-state index in [1.807, 2.05) is 25.1 Å². The number of ether oxygens (including phenoxy) is 1. The van der Waals surface area contributed by atoms with E-state index in [2.05, 4.69) is 19.9 Å². The quantitative estimate of drug-likeness (QED) is 0.701. The van der Waals surface area contributed by atoms with Crippen molar-refractivity contribution in [2.24, 2.45) is 0 Å². The van der Waals surface area contributed by atoms with Crippen LogP contribution >= 0.6 is 0 Å². The third-order valence-corrected chi connectivity index (χ3v) is 3.15. The van der Waals surface area contributed by atoms with E-state index in [9.17, 15) is 0 Å². The molecule has 1 aromatic carbocycles. The molecule has 0 atom stereocenters. The molecule has 0 radical (unpaired) electrons. The van der Waals surface area contributed by atoms with Crippen molar-refractivity contribution in [3.63, 3.8) is 0 Å². The number of hydrogen-bond acceptors (Lipinski definition) is 2. The van der Waals surface area contributed by atoms with Gasteiger partial charge in [0.1, 0.15) is 5.75 Å². The molecule has 0 aromatic heterocycles. The van der Waals surface area contributed by atoms with Crippen molar-refractivity contribution in [3.8, 4) is 11.8 Å². The zero-order chi connectivity index (χ0) is 13.4. The van der Waals surface area contributed by atoms with Gasteiger partial charge in [0.05, 0.1) is 18.2 Å². The topological polar surface area (TPSA) is 33.0 Å². The molecule has 0 heterocycles. The summed E-state index contributed by atoms with van der Waals surface area (Å²) >= 11 is 0. The van der Waals surface area contributed by atoms with Crippen molar-refractivity contribution in [1.82, 2.24) is 0 Å². The van der Waals surface area contributed by atoms with Gasteiger partial charge in [-0.15, -0.1) is 0 Å². The van der Waals surface area contributed by atoms with Crippen molar-refractivity contribution in [3.05, 3.63) is 29.3 Å². The largest absolute Gasteiger partial charge is 0.494 e. The van der Waals surface area contributed by atoms with Crippen LogP contribution in [0.25, 0.3) is 0 Å². The maximum atomic E-state index is 9.03. The highest BCUT2D eigenvalue weighted by atomic mass is 16.5. The summed E-state index contributed by atoms with van der Waals surface area (Å²) in [6.07, 6.45) is 4.63. The molecule has 0 unspecified atom stereocenters. The standard InChI is InChI=1S/C16H23NO/c1-4-7-14(8-5-2)15-11-13(12-17)9-10-16(15)18-6-3/h9-11,14H,4-8H2,1-3H3. The van der Waals surface area contributed by atoms with Crippen molar-refractivity contribution >= 4 is 0 Å². The van der Waals surface area contributed by atoms with Crippen LogP contribution in [0, 0.1) is 11.3 Å². The van der Waals surface area contributed by atoms with Gasteiger partial charge in [-0.05, 0) is 49.4 Å². The average molecular weight is 245 g/mol. The molecule has 98 valence electrons. The van der Waals surface area contributed by atoms with Gasteiger partial charge in [-0.25, -0.2) is 0 Å². The zero-order valence-corrected chi connectivity index (χ0v) is 11.7. The molecular weight excluding hydrogens is 222 g/mol. The fourth-order valence-corrected chi connectivity index (χ4v) is 2.38.